The molecule has 1 N–H and O–H groups in total. The summed E-state index contributed by atoms with van der Waals surface area (Å²) in [6.07, 6.45) is -4.74. The lowest BCUT2D eigenvalue weighted by Crippen LogP contribution is -2.30. The second kappa shape index (κ2) is 5.42. The molecule has 3 aromatic rings. The number of aryl methyl sites for hydroxylation is 1. The van der Waals surface area contributed by atoms with Gasteiger partial charge in [-0.3, -0.25) is 9.36 Å². The monoisotopic (exact) mass is 341 g/mol. The molecule has 0 atom stereocenters. The minimum Gasteiger partial charge on any atom is -0.343 e. The summed E-state index contributed by atoms with van der Waals surface area (Å²) in [5, 5.41) is 0.594. The van der Waals surface area contributed by atoms with Crippen molar-refractivity contribution < 1.29 is 13.2 Å². The Morgan fingerprint density at radius 1 is 1.26 bits per heavy atom. The molecule has 0 aliphatic heterocycles. The summed E-state index contributed by atoms with van der Waals surface area (Å²) >= 11 is 5.77. The number of alkyl halides is 3. The molecular formula is C15H11ClF3N3O. The molecule has 3 rings (SSSR count). The van der Waals surface area contributed by atoms with Crippen molar-refractivity contribution in [1.29, 1.82) is 0 Å². The maximum atomic E-state index is 13.3. The highest BCUT2D eigenvalue weighted by molar-refractivity contribution is 6.30. The first-order chi connectivity index (χ1) is 10.8. The van der Waals surface area contributed by atoms with Crippen LogP contribution in [-0.4, -0.2) is 14.5 Å². The summed E-state index contributed by atoms with van der Waals surface area (Å²) in [5.74, 6) is -1.23. The highest BCUT2D eigenvalue weighted by Crippen LogP contribution is 2.28. The second-order valence-corrected chi connectivity index (χ2v) is 5.60. The van der Waals surface area contributed by atoms with Crippen LogP contribution in [0.4, 0.5) is 13.2 Å². The van der Waals surface area contributed by atoms with E-state index in [4.69, 9.17) is 11.6 Å². The number of aromatic nitrogens is 3. The van der Waals surface area contributed by atoms with Crippen LogP contribution in [-0.2, 0) is 12.7 Å². The van der Waals surface area contributed by atoms with Gasteiger partial charge in [0.25, 0.3) is 5.56 Å². The molecule has 0 unspecified atom stereocenters. The van der Waals surface area contributed by atoms with Gasteiger partial charge in [-0.25, -0.2) is 4.98 Å². The minimum absolute atomic E-state index is 0.0628. The van der Waals surface area contributed by atoms with E-state index < -0.39 is 17.6 Å². The second-order valence-electron chi connectivity index (χ2n) is 5.17. The summed E-state index contributed by atoms with van der Waals surface area (Å²) in [5.41, 5.74) is 0.297. The summed E-state index contributed by atoms with van der Waals surface area (Å²) in [6.45, 7) is 1.41. The highest BCUT2D eigenvalue weighted by atomic mass is 35.5. The molecule has 0 radical (unpaired) electrons. The molecule has 0 saturated carbocycles. The lowest BCUT2D eigenvalue weighted by atomic mass is 10.2. The van der Waals surface area contributed by atoms with Crippen LogP contribution in [0, 0.1) is 6.92 Å². The van der Waals surface area contributed by atoms with E-state index in [0.717, 1.165) is 0 Å². The molecular weight excluding hydrogens is 331 g/mol. The Labute approximate surface area is 133 Å². The molecule has 2 aromatic heterocycles. The van der Waals surface area contributed by atoms with Gasteiger partial charge in [0.2, 0.25) is 5.82 Å². The van der Waals surface area contributed by atoms with Gasteiger partial charge in [0.1, 0.15) is 5.65 Å². The van der Waals surface area contributed by atoms with E-state index >= 15 is 0 Å². The largest absolute Gasteiger partial charge is 0.449 e. The van der Waals surface area contributed by atoms with Crippen molar-refractivity contribution in [3.05, 3.63) is 62.8 Å². The number of nitrogens with one attached hydrogen (secondary N) is 1. The van der Waals surface area contributed by atoms with E-state index in [1.54, 1.807) is 31.2 Å². The van der Waals surface area contributed by atoms with Crippen LogP contribution in [0.3, 0.4) is 0 Å². The summed E-state index contributed by atoms with van der Waals surface area (Å²) < 4.78 is 40.5. The molecule has 2 heterocycles. The first-order valence-electron chi connectivity index (χ1n) is 6.67. The Bertz CT molecular complexity index is 926. The quantitative estimate of drug-likeness (QED) is 0.771. The van der Waals surface area contributed by atoms with Gasteiger partial charge in [-0.2, -0.15) is 13.2 Å². The molecule has 0 bridgehead atoms. The smallest absolute Gasteiger partial charge is 0.343 e. The number of nitrogens with zero attached hydrogens (tertiary/aromatic N) is 2. The number of rotatable bonds is 2. The van der Waals surface area contributed by atoms with E-state index in [1.165, 1.54) is 6.07 Å². The van der Waals surface area contributed by atoms with Crippen molar-refractivity contribution >= 4 is 22.6 Å². The SMILES string of the molecule is Cc1cc2c(=O)n(Cc3ccc(Cl)cc3)c(C(F)(F)F)nc2[nH]1. The number of halogens is 4. The summed E-state index contributed by atoms with van der Waals surface area (Å²) in [6, 6.07) is 7.75. The molecule has 120 valence electrons. The fraction of sp³-hybridized carbons (Fsp3) is 0.200. The standard InChI is InChI=1S/C15H11ClF3N3O/c1-8-6-11-12(20-8)21-14(15(17,18)19)22(13(11)23)7-9-2-4-10(16)5-3-9/h2-6,20H,7H2,1H3. The van der Waals surface area contributed by atoms with Gasteiger partial charge >= 0.3 is 6.18 Å². The van der Waals surface area contributed by atoms with E-state index in [-0.39, 0.29) is 17.6 Å². The lowest BCUT2D eigenvalue weighted by Gasteiger charge is -2.14. The summed E-state index contributed by atoms with van der Waals surface area (Å²) in [7, 11) is 0. The zero-order valence-corrected chi connectivity index (χ0v) is 12.7. The Morgan fingerprint density at radius 2 is 1.91 bits per heavy atom. The molecule has 0 aliphatic rings. The van der Waals surface area contributed by atoms with Crippen molar-refractivity contribution in [1.82, 2.24) is 14.5 Å². The van der Waals surface area contributed by atoms with E-state index in [0.29, 0.717) is 20.8 Å². The normalized spacial score (nSPS) is 12.0. The van der Waals surface area contributed by atoms with Crippen LogP contribution in [0.2, 0.25) is 5.02 Å². The highest BCUT2D eigenvalue weighted by Gasteiger charge is 2.37. The van der Waals surface area contributed by atoms with Gasteiger partial charge in [0.05, 0.1) is 11.9 Å². The minimum atomic E-state index is -4.74. The molecule has 0 spiro atoms. The molecule has 0 fully saturated rings. The average molecular weight is 342 g/mol. The van der Waals surface area contributed by atoms with Gasteiger partial charge in [0, 0.05) is 10.7 Å². The third-order valence-electron chi connectivity index (χ3n) is 3.39. The predicted octanol–water partition coefficient (Wildman–Crippen LogP) is 3.75. The third-order valence-corrected chi connectivity index (χ3v) is 3.64. The van der Waals surface area contributed by atoms with Crippen LogP contribution >= 0.6 is 11.6 Å². The number of fused-ring (bicyclic) bond motifs is 1. The van der Waals surface area contributed by atoms with Crippen LogP contribution in [0.15, 0.2) is 35.1 Å². The molecule has 1 aromatic carbocycles. The zero-order valence-electron chi connectivity index (χ0n) is 11.9. The van der Waals surface area contributed by atoms with Crippen LogP contribution in [0.1, 0.15) is 17.1 Å². The number of hydrogen-bond donors (Lipinski definition) is 1. The molecule has 8 heteroatoms. The number of aromatic amines is 1. The van der Waals surface area contributed by atoms with Gasteiger partial charge in [0.15, 0.2) is 0 Å². The maximum Gasteiger partial charge on any atom is 0.449 e. The first-order valence-corrected chi connectivity index (χ1v) is 7.05. The lowest BCUT2D eigenvalue weighted by molar-refractivity contribution is -0.147. The Hall–Kier alpha value is -2.28. The van der Waals surface area contributed by atoms with Gasteiger partial charge in [-0.05, 0) is 30.7 Å². The van der Waals surface area contributed by atoms with Gasteiger partial charge in [-0.15, -0.1) is 0 Å². The van der Waals surface area contributed by atoms with E-state index in [1.807, 2.05) is 0 Å². The summed E-state index contributed by atoms with van der Waals surface area (Å²) in [4.78, 5) is 18.7. The van der Waals surface area contributed by atoms with E-state index in [9.17, 15) is 18.0 Å². The van der Waals surface area contributed by atoms with Crippen molar-refractivity contribution in [2.45, 2.75) is 19.6 Å². The molecule has 0 aliphatic carbocycles. The molecule has 0 saturated heterocycles. The molecule has 23 heavy (non-hydrogen) atoms. The van der Waals surface area contributed by atoms with Crippen molar-refractivity contribution in [2.75, 3.05) is 0 Å². The van der Waals surface area contributed by atoms with Crippen LogP contribution in [0.5, 0.6) is 0 Å². The fourth-order valence-corrected chi connectivity index (χ4v) is 2.50. The average Bonchev–Trinajstić information content (AvgIpc) is 2.84. The topological polar surface area (TPSA) is 50.7 Å². The number of H-pyrrole nitrogens is 1. The third kappa shape index (κ3) is 2.96. The van der Waals surface area contributed by atoms with Crippen molar-refractivity contribution in [3.8, 4) is 0 Å². The van der Waals surface area contributed by atoms with Crippen molar-refractivity contribution in [2.24, 2.45) is 0 Å². The Kier molecular flexibility index (Phi) is 3.68. The van der Waals surface area contributed by atoms with Crippen molar-refractivity contribution in [3.63, 3.8) is 0 Å². The number of hydrogen-bond acceptors (Lipinski definition) is 2. The predicted molar refractivity (Wildman–Crippen MR) is 80.6 cm³/mol. The van der Waals surface area contributed by atoms with E-state index in [2.05, 4.69) is 9.97 Å². The van der Waals surface area contributed by atoms with Crippen LogP contribution < -0.4 is 5.56 Å². The Balaban J connectivity index is 2.22. The first kappa shape index (κ1) is 15.6. The fourth-order valence-electron chi connectivity index (χ4n) is 2.37. The Morgan fingerprint density at radius 3 is 2.52 bits per heavy atom. The molecule has 4 nitrogen and oxygen atoms in total. The number of benzene rings is 1. The van der Waals surface area contributed by atoms with Gasteiger partial charge < -0.3 is 4.98 Å². The van der Waals surface area contributed by atoms with Gasteiger partial charge in [-0.1, -0.05) is 23.7 Å². The van der Waals surface area contributed by atoms with Crippen LogP contribution in [0.25, 0.3) is 11.0 Å². The maximum absolute atomic E-state index is 13.3. The zero-order chi connectivity index (χ0) is 16.8. The molecule has 0 amide bonds.